The van der Waals surface area contributed by atoms with Crippen LogP contribution in [0, 0.1) is 0 Å². The van der Waals surface area contributed by atoms with Crippen molar-refractivity contribution in [2.75, 3.05) is 26.2 Å². The summed E-state index contributed by atoms with van der Waals surface area (Å²) in [7, 11) is 0. The van der Waals surface area contributed by atoms with Crippen molar-refractivity contribution in [3.63, 3.8) is 0 Å². The second-order valence-electron chi connectivity index (χ2n) is 4.00. The number of nitrogens with zero attached hydrogens (tertiary/aromatic N) is 1. The van der Waals surface area contributed by atoms with E-state index in [-0.39, 0.29) is 12.5 Å². The monoisotopic (exact) mass is 200 g/mol. The molecule has 2 N–H and O–H groups in total. The third-order valence-electron chi connectivity index (χ3n) is 2.60. The predicted molar refractivity (Wildman–Crippen MR) is 55.4 cm³/mol. The molecule has 0 radical (unpaired) electrons. The maximum Gasteiger partial charge on any atom is 0.304 e. The zero-order valence-electron chi connectivity index (χ0n) is 8.83. The van der Waals surface area contributed by atoms with Crippen molar-refractivity contribution in [2.45, 2.75) is 32.2 Å². The van der Waals surface area contributed by atoms with Gasteiger partial charge in [-0.15, -0.1) is 0 Å². The molecule has 1 fully saturated rings. The molecular weight excluding hydrogens is 180 g/mol. The molecule has 14 heavy (non-hydrogen) atoms. The minimum Gasteiger partial charge on any atom is -0.481 e. The molecule has 0 amide bonds. The summed E-state index contributed by atoms with van der Waals surface area (Å²) < 4.78 is 0. The quantitative estimate of drug-likeness (QED) is 0.657. The first-order chi connectivity index (χ1) is 6.68. The molecule has 0 aliphatic carbocycles. The van der Waals surface area contributed by atoms with Gasteiger partial charge < -0.3 is 15.3 Å². The molecule has 0 saturated carbocycles. The molecule has 4 nitrogen and oxygen atoms in total. The zero-order valence-corrected chi connectivity index (χ0v) is 8.83. The highest BCUT2D eigenvalue weighted by molar-refractivity contribution is 5.67. The summed E-state index contributed by atoms with van der Waals surface area (Å²) in [6.45, 7) is 6.26. The van der Waals surface area contributed by atoms with Crippen LogP contribution >= 0.6 is 0 Å². The third kappa shape index (κ3) is 4.58. The van der Waals surface area contributed by atoms with Gasteiger partial charge in [0, 0.05) is 19.1 Å². The predicted octanol–water partition coefficient (Wildman–Crippen LogP) is 0.535. The van der Waals surface area contributed by atoms with Gasteiger partial charge in [0.15, 0.2) is 0 Å². The van der Waals surface area contributed by atoms with E-state index in [0.29, 0.717) is 0 Å². The van der Waals surface area contributed by atoms with Crippen molar-refractivity contribution in [1.29, 1.82) is 0 Å². The maximum atomic E-state index is 10.4. The van der Waals surface area contributed by atoms with Crippen LogP contribution < -0.4 is 5.32 Å². The smallest absolute Gasteiger partial charge is 0.304 e. The number of nitrogens with one attached hydrogen (secondary N) is 1. The molecule has 1 saturated heterocycles. The van der Waals surface area contributed by atoms with E-state index in [4.69, 9.17) is 5.11 Å². The minimum absolute atomic E-state index is 0.0788. The van der Waals surface area contributed by atoms with E-state index in [1.165, 1.54) is 25.9 Å². The lowest BCUT2D eigenvalue weighted by Crippen LogP contribution is -2.35. The highest BCUT2D eigenvalue weighted by atomic mass is 16.4. The summed E-state index contributed by atoms with van der Waals surface area (Å²) in [4.78, 5) is 12.8. The standard InChI is InChI=1S/C10H20N2O2/c1-9(8-10(13)14)11-4-7-12-5-2-3-6-12/h9,11H,2-8H2,1H3,(H,13,14). The fourth-order valence-electron chi connectivity index (χ4n) is 1.81. The van der Waals surface area contributed by atoms with E-state index in [0.717, 1.165) is 13.1 Å². The average molecular weight is 200 g/mol. The van der Waals surface area contributed by atoms with E-state index in [1.807, 2.05) is 6.92 Å². The minimum atomic E-state index is -0.730. The number of hydrogen-bond donors (Lipinski definition) is 2. The molecule has 1 atom stereocenters. The number of aliphatic carboxylic acids is 1. The third-order valence-corrected chi connectivity index (χ3v) is 2.60. The van der Waals surface area contributed by atoms with Gasteiger partial charge in [0.05, 0.1) is 6.42 Å². The summed E-state index contributed by atoms with van der Waals surface area (Å²) >= 11 is 0. The van der Waals surface area contributed by atoms with Crippen LogP contribution in [0.25, 0.3) is 0 Å². The maximum absolute atomic E-state index is 10.4. The number of likely N-dealkylation sites (tertiary alicyclic amines) is 1. The van der Waals surface area contributed by atoms with Crippen molar-refractivity contribution >= 4 is 5.97 Å². The molecule has 0 aromatic carbocycles. The Labute approximate surface area is 85.3 Å². The second kappa shape index (κ2) is 5.98. The van der Waals surface area contributed by atoms with Gasteiger partial charge >= 0.3 is 5.97 Å². The SMILES string of the molecule is CC(CC(=O)O)NCCN1CCCC1. The number of hydrogen-bond acceptors (Lipinski definition) is 3. The molecular formula is C10H20N2O2. The largest absolute Gasteiger partial charge is 0.481 e. The molecule has 82 valence electrons. The Balaban J connectivity index is 1.99. The Morgan fingerprint density at radius 3 is 2.71 bits per heavy atom. The Morgan fingerprint density at radius 1 is 1.50 bits per heavy atom. The van der Waals surface area contributed by atoms with Crippen molar-refractivity contribution in [3.05, 3.63) is 0 Å². The summed E-state index contributed by atoms with van der Waals surface area (Å²) in [5.74, 6) is -0.730. The van der Waals surface area contributed by atoms with Crippen LogP contribution in [0.3, 0.4) is 0 Å². The normalized spacial score (nSPS) is 19.8. The van der Waals surface area contributed by atoms with Gasteiger partial charge in [-0.2, -0.15) is 0 Å². The summed E-state index contributed by atoms with van der Waals surface area (Å²) in [5.41, 5.74) is 0. The van der Waals surface area contributed by atoms with Crippen molar-refractivity contribution in [1.82, 2.24) is 10.2 Å². The lowest BCUT2D eigenvalue weighted by atomic mass is 10.2. The van der Waals surface area contributed by atoms with Gasteiger partial charge in [0.1, 0.15) is 0 Å². The summed E-state index contributed by atoms with van der Waals surface area (Å²) in [5, 5.41) is 11.8. The molecule has 0 aromatic rings. The van der Waals surface area contributed by atoms with Crippen LogP contribution in [-0.4, -0.2) is 48.2 Å². The average Bonchev–Trinajstić information content (AvgIpc) is 2.55. The zero-order chi connectivity index (χ0) is 10.4. The Morgan fingerprint density at radius 2 is 2.14 bits per heavy atom. The summed E-state index contributed by atoms with van der Waals surface area (Å²) in [6, 6.07) is 0.0788. The van der Waals surface area contributed by atoms with Gasteiger partial charge in [-0.05, 0) is 32.9 Å². The van der Waals surface area contributed by atoms with E-state index >= 15 is 0 Å². The molecule has 0 bridgehead atoms. The molecule has 1 unspecified atom stereocenters. The van der Waals surface area contributed by atoms with Crippen LogP contribution in [-0.2, 0) is 4.79 Å². The van der Waals surface area contributed by atoms with Crippen molar-refractivity contribution in [3.8, 4) is 0 Å². The van der Waals surface area contributed by atoms with Gasteiger partial charge in [-0.1, -0.05) is 0 Å². The van der Waals surface area contributed by atoms with Gasteiger partial charge in [0.25, 0.3) is 0 Å². The number of rotatable bonds is 6. The van der Waals surface area contributed by atoms with E-state index < -0.39 is 5.97 Å². The molecule has 0 spiro atoms. The Kier molecular flexibility index (Phi) is 4.90. The Hall–Kier alpha value is -0.610. The van der Waals surface area contributed by atoms with Crippen LogP contribution in [0.2, 0.25) is 0 Å². The lowest BCUT2D eigenvalue weighted by Gasteiger charge is -2.17. The lowest BCUT2D eigenvalue weighted by molar-refractivity contribution is -0.137. The Bertz CT molecular complexity index is 179. The van der Waals surface area contributed by atoms with Crippen molar-refractivity contribution < 1.29 is 9.90 Å². The molecule has 1 rings (SSSR count). The molecule has 1 aliphatic rings. The first-order valence-electron chi connectivity index (χ1n) is 5.36. The molecule has 4 heteroatoms. The highest BCUT2D eigenvalue weighted by Gasteiger charge is 2.11. The van der Waals surface area contributed by atoms with Crippen LogP contribution in [0.4, 0.5) is 0 Å². The number of carbonyl (C=O) groups is 1. The van der Waals surface area contributed by atoms with Gasteiger partial charge in [0.2, 0.25) is 0 Å². The first-order valence-corrected chi connectivity index (χ1v) is 5.36. The molecule has 0 aromatic heterocycles. The van der Waals surface area contributed by atoms with Gasteiger partial charge in [-0.3, -0.25) is 4.79 Å². The second-order valence-corrected chi connectivity index (χ2v) is 4.00. The summed E-state index contributed by atoms with van der Waals surface area (Å²) in [6.07, 6.45) is 2.83. The number of carboxylic acids is 1. The topological polar surface area (TPSA) is 52.6 Å². The fraction of sp³-hybridized carbons (Fsp3) is 0.900. The first kappa shape index (κ1) is 11.5. The molecule has 1 aliphatic heterocycles. The highest BCUT2D eigenvalue weighted by Crippen LogP contribution is 2.05. The molecule has 1 heterocycles. The van der Waals surface area contributed by atoms with Crippen LogP contribution in [0.5, 0.6) is 0 Å². The van der Waals surface area contributed by atoms with Crippen molar-refractivity contribution in [2.24, 2.45) is 0 Å². The number of carboxylic acid groups (broad SMARTS) is 1. The fourth-order valence-corrected chi connectivity index (χ4v) is 1.81. The van der Waals surface area contributed by atoms with E-state index in [9.17, 15) is 4.79 Å². The van der Waals surface area contributed by atoms with Crippen LogP contribution in [0.1, 0.15) is 26.2 Å². The van der Waals surface area contributed by atoms with E-state index in [1.54, 1.807) is 0 Å². The van der Waals surface area contributed by atoms with E-state index in [2.05, 4.69) is 10.2 Å². The van der Waals surface area contributed by atoms with Crippen LogP contribution in [0.15, 0.2) is 0 Å². The van der Waals surface area contributed by atoms with Gasteiger partial charge in [-0.25, -0.2) is 0 Å².